The summed E-state index contributed by atoms with van der Waals surface area (Å²) in [5.41, 5.74) is -0.446. The Hall–Kier alpha value is 0.0300. The van der Waals surface area contributed by atoms with Crippen molar-refractivity contribution in [2.75, 3.05) is 13.2 Å². The highest BCUT2D eigenvalue weighted by atomic mass is 32.2. The molecule has 0 saturated heterocycles. The lowest BCUT2D eigenvalue weighted by Gasteiger charge is -2.18. The maximum Gasteiger partial charge on any atom is 0.301 e. The summed E-state index contributed by atoms with van der Waals surface area (Å²) >= 11 is -2.22. The molecule has 62 valence electrons. The van der Waals surface area contributed by atoms with Crippen molar-refractivity contribution in [1.29, 1.82) is 0 Å². The molecule has 0 spiro atoms. The van der Waals surface area contributed by atoms with Gasteiger partial charge in [0.15, 0.2) is 0 Å². The molecule has 1 atom stereocenters. The smallest absolute Gasteiger partial charge is 0.301 e. The zero-order valence-electron chi connectivity index (χ0n) is 6.03. The van der Waals surface area contributed by atoms with Crippen LogP contribution in [0.1, 0.15) is 13.8 Å². The average Bonchev–Trinajstić information content (AvgIpc) is 1.85. The van der Waals surface area contributed by atoms with Crippen LogP contribution < -0.4 is 0 Å². The standard InChI is InChI=1S/C5H12O4S/c1-5(2,3-6)4-9-10(7)8/h6H,3-4H2,1-2H3,(H,7,8). The van der Waals surface area contributed by atoms with E-state index in [0.717, 1.165) is 0 Å². The summed E-state index contributed by atoms with van der Waals surface area (Å²) in [6.07, 6.45) is 0. The Balaban J connectivity index is 3.56. The van der Waals surface area contributed by atoms with Crippen molar-refractivity contribution in [1.82, 2.24) is 0 Å². The third-order valence-electron chi connectivity index (χ3n) is 0.979. The molecule has 0 aromatic heterocycles. The lowest BCUT2D eigenvalue weighted by Crippen LogP contribution is -2.23. The molecule has 0 heterocycles. The number of rotatable bonds is 4. The van der Waals surface area contributed by atoms with Crippen molar-refractivity contribution in [2.45, 2.75) is 13.8 Å². The van der Waals surface area contributed by atoms with E-state index in [1.165, 1.54) is 0 Å². The fraction of sp³-hybridized carbons (Fsp3) is 1.00. The Kier molecular flexibility index (Phi) is 4.04. The maximum absolute atomic E-state index is 9.97. The zero-order chi connectivity index (χ0) is 8.20. The molecule has 0 aliphatic carbocycles. The van der Waals surface area contributed by atoms with Crippen molar-refractivity contribution < 1.29 is 18.1 Å². The SMILES string of the molecule is CC(C)(CO)COS(=O)O. The minimum Gasteiger partial charge on any atom is -0.396 e. The molecule has 0 aromatic carbocycles. The van der Waals surface area contributed by atoms with Gasteiger partial charge in [-0.3, -0.25) is 8.74 Å². The average molecular weight is 168 g/mol. The van der Waals surface area contributed by atoms with Gasteiger partial charge in [-0.1, -0.05) is 13.8 Å². The number of hydrogen-bond donors (Lipinski definition) is 2. The van der Waals surface area contributed by atoms with E-state index in [1.54, 1.807) is 13.8 Å². The predicted molar refractivity (Wildman–Crippen MR) is 37.6 cm³/mol. The van der Waals surface area contributed by atoms with E-state index >= 15 is 0 Å². The first-order valence-electron chi connectivity index (χ1n) is 2.83. The Labute approximate surface area is 62.7 Å². The summed E-state index contributed by atoms with van der Waals surface area (Å²) in [6, 6.07) is 0. The van der Waals surface area contributed by atoms with Gasteiger partial charge in [0.1, 0.15) is 0 Å². The largest absolute Gasteiger partial charge is 0.396 e. The van der Waals surface area contributed by atoms with Crippen molar-refractivity contribution >= 4 is 11.4 Å². The molecule has 0 fully saturated rings. The molecule has 0 amide bonds. The fourth-order valence-corrected chi connectivity index (χ4v) is 0.675. The van der Waals surface area contributed by atoms with Crippen molar-refractivity contribution in [3.8, 4) is 0 Å². The minimum atomic E-state index is -2.22. The van der Waals surface area contributed by atoms with Crippen LogP contribution in [0.3, 0.4) is 0 Å². The lowest BCUT2D eigenvalue weighted by molar-refractivity contribution is 0.0996. The zero-order valence-corrected chi connectivity index (χ0v) is 6.85. The second kappa shape index (κ2) is 4.02. The van der Waals surface area contributed by atoms with Crippen LogP contribution >= 0.6 is 0 Å². The summed E-state index contributed by atoms with van der Waals surface area (Å²) in [6.45, 7) is 3.48. The monoisotopic (exact) mass is 168 g/mol. The Morgan fingerprint density at radius 1 is 1.60 bits per heavy atom. The van der Waals surface area contributed by atoms with Crippen LogP contribution in [0.15, 0.2) is 0 Å². The summed E-state index contributed by atoms with van der Waals surface area (Å²) < 4.78 is 22.5. The normalized spacial score (nSPS) is 15.2. The van der Waals surface area contributed by atoms with Gasteiger partial charge in [-0.25, -0.2) is 0 Å². The van der Waals surface area contributed by atoms with E-state index in [4.69, 9.17) is 9.66 Å². The van der Waals surface area contributed by atoms with E-state index in [9.17, 15) is 4.21 Å². The minimum absolute atomic E-state index is 0.0653. The van der Waals surface area contributed by atoms with Gasteiger partial charge in [-0.05, 0) is 0 Å². The number of aliphatic hydroxyl groups is 1. The van der Waals surface area contributed by atoms with Crippen molar-refractivity contribution in [3.63, 3.8) is 0 Å². The second-order valence-corrected chi connectivity index (χ2v) is 3.47. The molecule has 0 radical (unpaired) electrons. The second-order valence-electron chi connectivity index (χ2n) is 2.80. The lowest BCUT2D eigenvalue weighted by atomic mass is 9.97. The van der Waals surface area contributed by atoms with Gasteiger partial charge in [0.25, 0.3) is 0 Å². The molecule has 0 aliphatic heterocycles. The van der Waals surface area contributed by atoms with E-state index < -0.39 is 16.8 Å². The van der Waals surface area contributed by atoms with Gasteiger partial charge < -0.3 is 5.11 Å². The molecule has 10 heavy (non-hydrogen) atoms. The third-order valence-corrected chi connectivity index (χ3v) is 1.30. The van der Waals surface area contributed by atoms with Crippen LogP contribution in [0.2, 0.25) is 0 Å². The van der Waals surface area contributed by atoms with Crippen molar-refractivity contribution in [3.05, 3.63) is 0 Å². The van der Waals surface area contributed by atoms with Gasteiger partial charge in [0.2, 0.25) is 0 Å². The molecule has 0 bridgehead atoms. The van der Waals surface area contributed by atoms with E-state index in [-0.39, 0.29) is 13.2 Å². The van der Waals surface area contributed by atoms with Gasteiger partial charge >= 0.3 is 11.4 Å². The van der Waals surface area contributed by atoms with Crippen LogP contribution in [-0.2, 0) is 15.5 Å². The topological polar surface area (TPSA) is 66.8 Å². The molecule has 0 rings (SSSR count). The summed E-state index contributed by atoms with van der Waals surface area (Å²) in [5, 5.41) is 8.65. The summed E-state index contributed by atoms with van der Waals surface area (Å²) in [7, 11) is 0. The van der Waals surface area contributed by atoms with Crippen LogP contribution in [0.4, 0.5) is 0 Å². The molecular formula is C5H12O4S. The van der Waals surface area contributed by atoms with Gasteiger partial charge in [-0.15, -0.1) is 0 Å². The Morgan fingerprint density at radius 3 is 2.40 bits per heavy atom. The van der Waals surface area contributed by atoms with Crippen LogP contribution in [-0.4, -0.2) is 27.1 Å². The highest BCUT2D eigenvalue weighted by Gasteiger charge is 2.17. The van der Waals surface area contributed by atoms with E-state index in [0.29, 0.717) is 0 Å². The third kappa shape index (κ3) is 4.87. The Morgan fingerprint density at radius 2 is 2.10 bits per heavy atom. The molecule has 0 saturated carbocycles. The highest BCUT2D eigenvalue weighted by Crippen LogP contribution is 2.13. The van der Waals surface area contributed by atoms with Crippen LogP contribution in [0, 0.1) is 5.41 Å². The summed E-state index contributed by atoms with van der Waals surface area (Å²) in [5.74, 6) is 0. The highest BCUT2D eigenvalue weighted by molar-refractivity contribution is 7.74. The van der Waals surface area contributed by atoms with Crippen LogP contribution in [0.25, 0.3) is 0 Å². The first kappa shape index (κ1) is 10.0. The Bertz CT molecular complexity index is 123. The summed E-state index contributed by atoms with van der Waals surface area (Å²) in [4.78, 5) is 0. The predicted octanol–water partition coefficient (Wildman–Crippen LogP) is 0.158. The molecular weight excluding hydrogens is 156 g/mol. The molecule has 5 heteroatoms. The van der Waals surface area contributed by atoms with Gasteiger partial charge in [0, 0.05) is 5.41 Å². The molecule has 2 N–H and O–H groups in total. The molecule has 4 nitrogen and oxygen atoms in total. The first-order chi connectivity index (χ1) is 4.48. The quantitative estimate of drug-likeness (QED) is 0.587. The number of aliphatic hydroxyl groups excluding tert-OH is 1. The van der Waals surface area contributed by atoms with Crippen LogP contribution in [0.5, 0.6) is 0 Å². The fourth-order valence-electron chi connectivity index (χ4n) is 0.256. The molecule has 0 aliphatic rings. The molecule has 1 unspecified atom stereocenters. The van der Waals surface area contributed by atoms with E-state index in [2.05, 4.69) is 4.18 Å². The molecule has 0 aromatic rings. The number of hydrogen-bond acceptors (Lipinski definition) is 3. The van der Waals surface area contributed by atoms with Gasteiger partial charge in [-0.2, -0.15) is 4.21 Å². The van der Waals surface area contributed by atoms with E-state index in [1.807, 2.05) is 0 Å². The van der Waals surface area contributed by atoms with Gasteiger partial charge in [0.05, 0.1) is 13.2 Å². The van der Waals surface area contributed by atoms with Crippen molar-refractivity contribution in [2.24, 2.45) is 5.41 Å². The first-order valence-corrected chi connectivity index (χ1v) is 3.86. The maximum atomic E-state index is 9.97.